The van der Waals surface area contributed by atoms with Crippen LogP contribution < -0.4 is 10.3 Å². The van der Waals surface area contributed by atoms with E-state index < -0.39 is 4.92 Å². The Morgan fingerprint density at radius 1 is 1.43 bits per heavy atom. The summed E-state index contributed by atoms with van der Waals surface area (Å²) in [6.07, 6.45) is 1.40. The number of imidazole rings is 1. The summed E-state index contributed by atoms with van der Waals surface area (Å²) in [5.41, 5.74) is 0.948. The maximum atomic E-state index is 11.8. The van der Waals surface area contributed by atoms with Gasteiger partial charge in [0.05, 0.1) is 18.4 Å². The monoisotopic (exact) mass is 333 g/mol. The van der Waals surface area contributed by atoms with Crippen LogP contribution in [0.1, 0.15) is 5.56 Å². The smallest absolute Gasteiger partial charge is 0.311 e. The Labute approximate surface area is 133 Å². The molecule has 0 radical (unpaired) electrons. The molecule has 3 rings (SSSR count). The third kappa shape index (κ3) is 3.01. The van der Waals surface area contributed by atoms with Crippen molar-refractivity contribution >= 4 is 28.6 Å². The molecule has 1 aromatic carbocycles. The number of methoxy groups -OCH3 is 1. The molecular weight excluding hydrogens is 322 g/mol. The molecule has 0 bridgehead atoms. The third-order valence-electron chi connectivity index (χ3n) is 3.09. The van der Waals surface area contributed by atoms with Gasteiger partial charge < -0.3 is 9.72 Å². The highest BCUT2D eigenvalue weighted by molar-refractivity contribution is 7.98. The number of nitrogens with zero attached hydrogens (tertiary/aromatic N) is 3. The van der Waals surface area contributed by atoms with Crippen molar-refractivity contribution in [3.8, 4) is 5.75 Å². The standard InChI is InChI=1S/C13H11N5O4S/c1-22-9-3-2-7(4-8(9)18(20)21)5-23-13-16-11-10(12(19)17-13)14-6-15-11/h2-4,6H,5H2,1H3,(H2,14,15,16,17,19). The van der Waals surface area contributed by atoms with E-state index in [0.717, 1.165) is 0 Å². The fraction of sp³-hybridized carbons (Fsp3) is 0.154. The SMILES string of the molecule is COc1ccc(CSc2nc3nc[nH]c3c(=O)[nH]2)cc1[N+](=O)[O-]. The maximum Gasteiger partial charge on any atom is 0.311 e. The Bertz CT molecular complexity index is 936. The molecule has 2 N–H and O–H groups in total. The number of benzene rings is 1. The molecule has 0 saturated carbocycles. The number of nitrogens with one attached hydrogen (secondary N) is 2. The molecule has 0 aliphatic carbocycles. The van der Waals surface area contributed by atoms with Crippen LogP contribution in [0.5, 0.6) is 5.75 Å². The fourth-order valence-corrected chi connectivity index (χ4v) is 2.81. The summed E-state index contributed by atoms with van der Waals surface area (Å²) in [5.74, 6) is 0.609. The van der Waals surface area contributed by atoms with Gasteiger partial charge >= 0.3 is 5.69 Å². The van der Waals surface area contributed by atoms with Gasteiger partial charge in [0.15, 0.2) is 22.1 Å². The van der Waals surface area contributed by atoms with E-state index in [1.165, 1.54) is 31.3 Å². The first-order valence-corrected chi connectivity index (χ1v) is 7.44. The highest BCUT2D eigenvalue weighted by Gasteiger charge is 2.15. The zero-order valence-electron chi connectivity index (χ0n) is 11.9. The highest BCUT2D eigenvalue weighted by atomic mass is 32.2. The highest BCUT2D eigenvalue weighted by Crippen LogP contribution is 2.29. The summed E-state index contributed by atoms with van der Waals surface area (Å²) in [6.45, 7) is 0. The topological polar surface area (TPSA) is 127 Å². The summed E-state index contributed by atoms with van der Waals surface area (Å²) in [6, 6.07) is 4.71. The molecule has 2 heterocycles. The number of H-pyrrole nitrogens is 2. The normalized spacial score (nSPS) is 10.8. The van der Waals surface area contributed by atoms with Crippen molar-refractivity contribution in [3.05, 3.63) is 50.6 Å². The van der Waals surface area contributed by atoms with Crippen molar-refractivity contribution in [2.45, 2.75) is 10.9 Å². The van der Waals surface area contributed by atoms with E-state index in [1.807, 2.05) is 0 Å². The van der Waals surface area contributed by atoms with Crippen molar-refractivity contribution in [1.29, 1.82) is 0 Å². The van der Waals surface area contributed by atoms with Crippen LogP contribution in [0.3, 0.4) is 0 Å². The van der Waals surface area contributed by atoms with E-state index in [-0.39, 0.29) is 17.0 Å². The molecule has 9 nitrogen and oxygen atoms in total. The zero-order chi connectivity index (χ0) is 16.4. The minimum Gasteiger partial charge on any atom is -0.490 e. The Hall–Kier alpha value is -2.88. The summed E-state index contributed by atoms with van der Waals surface area (Å²) in [4.78, 5) is 35.8. The number of aromatic amines is 2. The maximum absolute atomic E-state index is 11.8. The second-order valence-electron chi connectivity index (χ2n) is 4.52. The first-order valence-electron chi connectivity index (χ1n) is 6.46. The van der Waals surface area contributed by atoms with Crippen LogP contribution in [-0.4, -0.2) is 32.0 Å². The Balaban J connectivity index is 1.83. The molecule has 0 unspecified atom stereocenters. The van der Waals surface area contributed by atoms with Gasteiger partial charge in [0.25, 0.3) is 5.56 Å². The quantitative estimate of drug-likeness (QED) is 0.316. The van der Waals surface area contributed by atoms with Crippen LogP contribution in [0, 0.1) is 10.1 Å². The van der Waals surface area contributed by atoms with Gasteiger partial charge in [-0.25, -0.2) is 9.97 Å². The van der Waals surface area contributed by atoms with E-state index in [1.54, 1.807) is 12.1 Å². The molecular formula is C13H11N5O4S. The number of hydrogen-bond acceptors (Lipinski definition) is 7. The number of fused-ring (bicyclic) bond motifs is 1. The van der Waals surface area contributed by atoms with Gasteiger partial charge in [0, 0.05) is 11.8 Å². The van der Waals surface area contributed by atoms with Gasteiger partial charge in [0.1, 0.15) is 0 Å². The predicted octanol–water partition coefficient (Wildman–Crippen LogP) is 1.86. The molecule has 0 saturated heterocycles. The second-order valence-corrected chi connectivity index (χ2v) is 5.49. The van der Waals surface area contributed by atoms with Gasteiger partial charge in [-0.2, -0.15) is 0 Å². The minimum absolute atomic E-state index is 0.102. The summed E-state index contributed by atoms with van der Waals surface area (Å²) >= 11 is 1.26. The first kappa shape index (κ1) is 15.0. The van der Waals surface area contributed by atoms with Crippen molar-refractivity contribution in [3.63, 3.8) is 0 Å². The molecule has 0 atom stereocenters. The van der Waals surface area contributed by atoms with E-state index >= 15 is 0 Å². The van der Waals surface area contributed by atoms with Crippen molar-refractivity contribution in [1.82, 2.24) is 19.9 Å². The number of nitro groups is 1. The minimum atomic E-state index is -0.497. The van der Waals surface area contributed by atoms with Crippen LogP contribution in [0.15, 0.2) is 34.5 Å². The molecule has 23 heavy (non-hydrogen) atoms. The lowest BCUT2D eigenvalue weighted by Gasteiger charge is -2.05. The molecule has 3 aromatic rings. The molecule has 0 aliphatic rings. The average Bonchev–Trinajstić information content (AvgIpc) is 3.01. The number of aromatic nitrogens is 4. The number of hydrogen-bond donors (Lipinski definition) is 2. The summed E-state index contributed by atoms with van der Waals surface area (Å²) in [5, 5.41) is 11.4. The molecule has 10 heteroatoms. The number of thioether (sulfide) groups is 1. The molecule has 0 aliphatic heterocycles. The summed E-state index contributed by atoms with van der Waals surface area (Å²) < 4.78 is 4.96. The molecule has 2 aromatic heterocycles. The fourth-order valence-electron chi connectivity index (χ4n) is 2.01. The Morgan fingerprint density at radius 3 is 3.00 bits per heavy atom. The van der Waals surface area contributed by atoms with Gasteiger partial charge in [-0.1, -0.05) is 17.8 Å². The van der Waals surface area contributed by atoms with E-state index in [2.05, 4.69) is 19.9 Å². The average molecular weight is 333 g/mol. The molecule has 0 spiro atoms. The van der Waals surface area contributed by atoms with Gasteiger partial charge in [0.2, 0.25) is 0 Å². The van der Waals surface area contributed by atoms with E-state index in [4.69, 9.17) is 4.74 Å². The number of nitro benzene ring substituents is 1. The van der Waals surface area contributed by atoms with Crippen LogP contribution in [0.2, 0.25) is 0 Å². The molecule has 0 fully saturated rings. The van der Waals surface area contributed by atoms with Crippen molar-refractivity contribution in [2.75, 3.05) is 7.11 Å². The van der Waals surface area contributed by atoms with E-state index in [0.29, 0.717) is 27.6 Å². The Morgan fingerprint density at radius 2 is 2.26 bits per heavy atom. The Kier molecular flexibility index (Phi) is 3.98. The lowest BCUT2D eigenvalue weighted by Crippen LogP contribution is -2.09. The van der Waals surface area contributed by atoms with Crippen LogP contribution in [0.25, 0.3) is 11.2 Å². The van der Waals surface area contributed by atoms with Gasteiger partial charge in [-0.05, 0) is 11.6 Å². The van der Waals surface area contributed by atoms with Crippen LogP contribution in [-0.2, 0) is 5.75 Å². The number of rotatable bonds is 5. The third-order valence-corrected chi connectivity index (χ3v) is 4.03. The predicted molar refractivity (Wildman–Crippen MR) is 83.7 cm³/mol. The summed E-state index contributed by atoms with van der Waals surface area (Å²) in [7, 11) is 1.38. The van der Waals surface area contributed by atoms with Crippen LogP contribution in [0.4, 0.5) is 5.69 Å². The zero-order valence-corrected chi connectivity index (χ0v) is 12.7. The van der Waals surface area contributed by atoms with Gasteiger partial charge in [-0.15, -0.1) is 0 Å². The lowest BCUT2D eigenvalue weighted by atomic mass is 10.2. The van der Waals surface area contributed by atoms with Gasteiger partial charge in [-0.3, -0.25) is 19.9 Å². The largest absolute Gasteiger partial charge is 0.490 e. The number of ether oxygens (including phenoxy) is 1. The van der Waals surface area contributed by atoms with E-state index in [9.17, 15) is 14.9 Å². The van der Waals surface area contributed by atoms with Crippen molar-refractivity contribution in [2.24, 2.45) is 0 Å². The lowest BCUT2D eigenvalue weighted by molar-refractivity contribution is -0.385. The van der Waals surface area contributed by atoms with Crippen LogP contribution >= 0.6 is 11.8 Å². The molecule has 118 valence electrons. The van der Waals surface area contributed by atoms with Crippen molar-refractivity contribution < 1.29 is 9.66 Å². The second kappa shape index (κ2) is 6.08. The molecule has 0 amide bonds. The first-order chi connectivity index (χ1) is 11.1.